The third kappa shape index (κ3) is 2.64. The van der Waals surface area contributed by atoms with E-state index in [1.165, 1.54) is 0 Å². The Labute approximate surface area is 102 Å². The highest BCUT2D eigenvalue weighted by atomic mass is 15.0. The van der Waals surface area contributed by atoms with E-state index in [2.05, 4.69) is 41.8 Å². The van der Waals surface area contributed by atoms with Gasteiger partial charge in [0.1, 0.15) is 5.82 Å². The molecule has 4 nitrogen and oxygen atoms in total. The molecular weight excluding hydrogens is 212 g/mol. The summed E-state index contributed by atoms with van der Waals surface area (Å²) in [5.41, 5.74) is 9.13. The highest BCUT2D eigenvalue weighted by Crippen LogP contribution is 2.20. The highest BCUT2D eigenvalue weighted by Gasteiger charge is 2.22. The molecule has 3 N–H and O–H groups in total. The molecule has 0 bridgehead atoms. The van der Waals surface area contributed by atoms with E-state index in [9.17, 15) is 0 Å². The number of fused-ring (bicyclic) bond motifs is 1. The smallest absolute Gasteiger partial charge is 0.177 e. The highest BCUT2D eigenvalue weighted by molar-refractivity contribution is 5.70. The number of aromatic amines is 1. The molecule has 2 rings (SSSR count). The predicted octanol–water partition coefficient (Wildman–Crippen LogP) is 2.18. The first-order valence-electron chi connectivity index (χ1n) is 5.93. The third-order valence-electron chi connectivity index (χ3n) is 3.05. The summed E-state index contributed by atoms with van der Waals surface area (Å²) in [6.45, 7) is 8.45. The van der Waals surface area contributed by atoms with Crippen LogP contribution < -0.4 is 5.73 Å². The van der Waals surface area contributed by atoms with Crippen molar-refractivity contribution in [2.45, 2.75) is 40.2 Å². The Morgan fingerprint density at radius 2 is 2.12 bits per heavy atom. The summed E-state index contributed by atoms with van der Waals surface area (Å²) < 4.78 is 0. The molecule has 2 aromatic rings. The lowest BCUT2D eigenvalue weighted by Gasteiger charge is -2.26. The standard InChI is InChI=1S/C13H20N4/c1-8-5-9-12(15-7-8)17-11(16-9)6-10(14)13(2,3)4/h5,7,10H,6,14H2,1-4H3,(H,15,16,17). The van der Waals surface area contributed by atoms with Gasteiger partial charge in [0.05, 0.1) is 5.52 Å². The molecule has 4 heteroatoms. The monoisotopic (exact) mass is 232 g/mol. The summed E-state index contributed by atoms with van der Waals surface area (Å²) in [5, 5.41) is 0. The van der Waals surface area contributed by atoms with Crippen LogP contribution in [0.4, 0.5) is 0 Å². The Hall–Kier alpha value is -1.42. The molecule has 0 spiro atoms. The number of imidazole rings is 1. The molecule has 1 unspecified atom stereocenters. The topological polar surface area (TPSA) is 67.6 Å². The minimum atomic E-state index is 0.0856. The Morgan fingerprint density at radius 1 is 1.41 bits per heavy atom. The van der Waals surface area contributed by atoms with Crippen LogP contribution in [-0.4, -0.2) is 21.0 Å². The van der Waals surface area contributed by atoms with Gasteiger partial charge in [-0.1, -0.05) is 20.8 Å². The van der Waals surface area contributed by atoms with Gasteiger partial charge in [0, 0.05) is 18.7 Å². The molecule has 0 aliphatic heterocycles. The van der Waals surface area contributed by atoms with Crippen LogP contribution in [0.2, 0.25) is 0 Å². The second-order valence-corrected chi connectivity index (χ2v) is 5.74. The average Bonchev–Trinajstić information content (AvgIpc) is 2.57. The fraction of sp³-hybridized carbons (Fsp3) is 0.538. The molecule has 17 heavy (non-hydrogen) atoms. The fourth-order valence-corrected chi connectivity index (χ4v) is 1.67. The number of nitrogens with two attached hydrogens (primary N) is 1. The summed E-state index contributed by atoms with van der Waals surface area (Å²) in [6.07, 6.45) is 2.58. The van der Waals surface area contributed by atoms with Crippen molar-refractivity contribution in [3.63, 3.8) is 0 Å². The summed E-state index contributed by atoms with van der Waals surface area (Å²) in [4.78, 5) is 12.0. The van der Waals surface area contributed by atoms with Gasteiger partial charge in [0.15, 0.2) is 5.65 Å². The first-order valence-corrected chi connectivity index (χ1v) is 5.93. The maximum absolute atomic E-state index is 6.15. The average molecular weight is 232 g/mol. The normalized spacial score (nSPS) is 14.2. The second kappa shape index (κ2) is 4.11. The van der Waals surface area contributed by atoms with Crippen LogP contribution in [0.25, 0.3) is 11.2 Å². The molecule has 92 valence electrons. The number of hydrogen-bond donors (Lipinski definition) is 2. The molecule has 0 fully saturated rings. The maximum Gasteiger partial charge on any atom is 0.177 e. The molecule has 0 radical (unpaired) electrons. The number of nitrogens with one attached hydrogen (secondary N) is 1. The Bertz CT molecular complexity index is 522. The number of aromatic nitrogens is 3. The lowest BCUT2D eigenvalue weighted by Crippen LogP contribution is -2.37. The van der Waals surface area contributed by atoms with Crippen LogP contribution in [0.3, 0.4) is 0 Å². The molecule has 0 aliphatic carbocycles. The van der Waals surface area contributed by atoms with Gasteiger partial charge in [-0.05, 0) is 24.0 Å². The van der Waals surface area contributed by atoms with E-state index in [-0.39, 0.29) is 11.5 Å². The number of hydrogen-bond acceptors (Lipinski definition) is 3. The number of H-pyrrole nitrogens is 1. The molecule has 1 atom stereocenters. The predicted molar refractivity (Wildman–Crippen MR) is 69.8 cm³/mol. The Balaban J connectivity index is 2.25. The fourth-order valence-electron chi connectivity index (χ4n) is 1.67. The van der Waals surface area contributed by atoms with Crippen LogP contribution >= 0.6 is 0 Å². The van der Waals surface area contributed by atoms with E-state index in [0.29, 0.717) is 0 Å². The van der Waals surface area contributed by atoms with E-state index in [0.717, 1.165) is 29.0 Å². The minimum Gasteiger partial charge on any atom is -0.341 e. The van der Waals surface area contributed by atoms with Crippen LogP contribution in [0.15, 0.2) is 12.3 Å². The van der Waals surface area contributed by atoms with Crippen molar-refractivity contribution in [3.05, 3.63) is 23.7 Å². The largest absolute Gasteiger partial charge is 0.341 e. The number of rotatable bonds is 2. The summed E-state index contributed by atoms with van der Waals surface area (Å²) in [7, 11) is 0. The van der Waals surface area contributed by atoms with Crippen LogP contribution in [0, 0.1) is 12.3 Å². The summed E-state index contributed by atoms with van der Waals surface area (Å²) >= 11 is 0. The molecule has 0 aromatic carbocycles. The number of pyridine rings is 1. The molecule has 2 heterocycles. The van der Waals surface area contributed by atoms with Gasteiger partial charge in [0.2, 0.25) is 0 Å². The van der Waals surface area contributed by atoms with Crippen LogP contribution in [0.1, 0.15) is 32.2 Å². The van der Waals surface area contributed by atoms with Crippen molar-refractivity contribution in [2.24, 2.45) is 11.1 Å². The zero-order valence-electron chi connectivity index (χ0n) is 10.9. The van der Waals surface area contributed by atoms with Gasteiger partial charge in [-0.25, -0.2) is 9.97 Å². The van der Waals surface area contributed by atoms with Gasteiger partial charge in [-0.15, -0.1) is 0 Å². The molecule has 0 saturated carbocycles. The first kappa shape index (κ1) is 12.0. The molecule has 0 aliphatic rings. The molecular formula is C13H20N4. The summed E-state index contributed by atoms with van der Waals surface area (Å²) in [5.74, 6) is 0.917. The SMILES string of the molecule is Cc1cnc2nc(CC(N)C(C)(C)C)[nH]c2c1. The van der Waals surface area contributed by atoms with Crippen LogP contribution in [-0.2, 0) is 6.42 Å². The molecule has 2 aromatic heterocycles. The number of aryl methyl sites for hydroxylation is 1. The van der Waals surface area contributed by atoms with Crippen molar-refractivity contribution < 1.29 is 0 Å². The van der Waals surface area contributed by atoms with Gasteiger partial charge >= 0.3 is 0 Å². The van der Waals surface area contributed by atoms with Crippen molar-refractivity contribution in [1.82, 2.24) is 15.0 Å². The van der Waals surface area contributed by atoms with Gasteiger partial charge in [0.25, 0.3) is 0 Å². The van der Waals surface area contributed by atoms with Gasteiger partial charge in [-0.3, -0.25) is 0 Å². The minimum absolute atomic E-state index is 0.0856. The Morgan fingerprint density at radius 3 is 2.76 bits per heavy atom. The molecule has 0 saturated heterocycles. The lowest BCUT2D eigenvalue weighted by atomic mass is 9.85. The van der Waals surface area contributed by atoms with Crippen molar-refractivity contribution in [1.29, 1.82) is 0 Å². The second-order valence-electron chi connectivity index (χ2n) is 5.74. The summed E-state index contributed by atoms with van der Waals surface area (Å²) in [6, 6.07) is 2.14. The quantitative estimate of drug-likeness (QED) is 0.834. The van der Waals surface area contributed by atoms with E-state index in [1.54, 1.807) is 0 Å². The van der Waals surface area contributed by atoms with Crippen molar-refractivity contribution >= 4 is 11.2 Å². The number of nitrogens with zero attached hydrogens (tertiary/aromatic N) is 2. The van der Waals surface area contributed by atoms with Gasteiger partial charge < -0.3 is 10.7 Å². The van der Waals surface area contributed by atoms with Crippen LogP contribution in [0.5, 0.6) is 0 Å². The maximum atomic E-state index is 6.15. The zero-order chi connectivity index (χ0) is 12.6. The van der Waals surface area contributed by atoms with Crippen molar-refractivity contribution in [3.8, 4) is 0 Å². The van der Waals surface area contributed by atoms with E-state index in [4.69, 9.17) is 5.73 Å². The van der Waals surface area contributed by atoms with E-state index in [1.807, 2.05) is 13.1 Å². The lowest BCUT2D eigenvalue weighted by molar-refractivity contribution is 0.315. The van der Waals surface area contributed by atoms with E-state index < -0.39 is 0 Å². The third-order valence-corrected chi connectivity index (χ3v) is 3.05. The van der Waals surface area contributed by atoms with Crippen molar-refractivity contribution in [2.75, 3.05) is 0 Å². The molecule has 0 amide bonds. The first-order chi connectivity index (χ1) is 7.86. The zero-order valence-corrected chi connectivity index (χ0v) is 10.9. The van der Waals surface area contributed by atoms with Gasteiger partial charge in [-0.2, -0.15) is 0 Å². The Kier molecular flexibility index (Phi) is 2.91. The van der Waals surface area contributed by atoms with E-state index >= 15 is 0 Å².